The van der Waals surface area contributed by atoms with E-state index in [1.54, 1.807) is 12.2 Å². The number of alkyl halides is 1. The van der Waals surface area contributed by atoms with Crippen LogP contribution in [0.1, 0.15) is 52.4 Å². The Hall–Kier alpha value is -1.23. The van der Waals surface area contributed by atoms with Gasteiger partial charge in [-0.3, -0.25) is 9.59 Å². The van der Waals surface area contributed by atoms with Crippen molar-refractivity contribution in [2.75, 3.05) is 7.11 Å². The van der Waals surface area contributed by atoms with Crippen molar-refractivity contribution in [1.29, 1.82) is 0 Å². The average Bonchev–Trinajstić information content (AvgIpc) is 2.91. The minimum atomic E-state index is -0.324. The number of allylic oxidation sites excluding steroid dienone is 2. The quantitative estimate of drug-likeness (QED) is 0.353. The minimum Gasteiger partial charge on any atom is -0.466 e. The molecule has 0 amide bonds. The summed E-state index contributed by atoms with van der Waals surface area (Å²) in [6.45, 7) is 4.36. The molecule has 4 aliphatic rings. The van der Waals surface area contributed by atoms with E-state index in [0.29, 0.717) is 30.5 Å². The summed E-state index contributed by atoms with van der Waals surface area (Å²) >= 11 is 3.53. The molecule has 0 heterocycles. The molecule has 0 aromatic heterocycles. The van der Waals surface area contributed by atoms with Gasteiger partial charge in [0.2, 0.25) is 0 Å². The van der Waals surface area contributed by atoms with Crippen LogP contribution in [0.3, 0.4) is 0 Å². The van der Waals surface area contributed by atoms with Gasteiger partial charge in [-0.25, -0.2) is 4.79 Å². The Balaban J connectivity index is 1.72. The van der Waals surface area contributed by atoms with E-state index in [9.17, 15) is 14.4 Å². The average molecular weight is 435 g/mol. The number of carbonyl (C=O) groups excluding carboxylic acids is 3. The molecule has 4 rings (SSSR count). The van der Waals surface area contributed by atoms with E-state index >= 15 is 0 Å². The molecule has 0 spiro atoms. The molecule has 5 heteroatoms. The van der Waals surface area contributed by atoms with Gasteiger partial charge in [-0.05, 0) is 55.4 Å². The third-order valence-corrected chi connectivity index (χ3v) is 8.77. The number of halogens is 1. The maximum absolute atomic E-state index is 13.5. The van der Waals surface area contributed by atoms with Crippen LogP contribution in [0.5, 0.6) is 0 Å². The lowest BCUT2D eigenvalue weighted by molar-refractivity contribution is -0.142. The third-order valence-electron chi connectivity index (χ3n) is 8.00. The summed E-state index contributed by atoms with van der Waals surface area (Å²) < 4.78 is 4.83. The second-order valence-corrected chi connectivity index (χ2v) is 10.3. The van der Waals surface area contributed by atoms with Crippen molar-refractivity contribution in [2.24, 2.45) is 28.6 Å². The topological polar surface area (TPSA) is 60.4 Å². The standard InChI is InChI=1S/C22H27BrO4/c1-21-11-18(25)20-14(15(21)7-5-13(21)9-19(26)27-3)6-4-12-8-17(24)16(23)10-22(12,20)2/h8-9,14-16,20H,4-7,10-11H2,1-3H3/b13-9-/t14-,15-,16+,20+,21+,22-/m0/s1. The van der Waals surface area contributed by atoms with Gasteiger partial charge < -0.3 is 4.74 Å². The number of hydrogen-bond acceptors (Lipinski definition) is 4. The van der Waals surface area contributed by atoms with Gasteiger partial charge in [-0.2, -0.15) is 0 Å². The van der Waals surface area contributed by atoms with Crippen LogP contribution in [0, 0.1) is 28.6 Å². The van der Waals surface area contributed by atoms with Crippen molar-refractivity contribution >= 4 is 33.5 Å². The highest BCUT2D eigenvalue weighted by molar-refractivity contribution is 9.10. The molecule has 6 atom stereocenters. The number of ketones is 2. The number of methoxy groups -OCH3 is 1. The number of rotatable bonds is 1. The molecule has 146 valence electrons. The van der Waals surface area contributed by atoms with Crippen molar-refractivity contribution in [3.63, 3.8) is 0 Å². The maximum atomic E-state index is 13.5. The Morgan fingerprint density at radius 3 is 2.67 bits per heavy atom. The fourth-order valence-electron chi connectivity index (χ4n) is 6.70. The van der Waals surface area contributed by atoms with E-state index in [1.165, 1.54) is 12.7 Å². The lowest BCUT2D eigenvalue weighted by Gasteiger charge is -2.56. The summed E-state index contributed by atoms with van der Waals surface area (Å²) in [7, 11) is 1.40. The summed E-state index contributed by atoms with van der Waals surface area (Å²) in [5.41, 5.74) is 1.79. The van der Waals surface area contributed by atoms with Crippen LogP contribution < -0.4 is 0 Å². The molecule has 0 N–H and O–H groups in total. The van der Waals surface area contributed by atoms with Crippen LogP contribution in [0.2, 0.25) is 0 Å². The van der Waals surface area contributed by atoms with E-state index in [2.05, 4.69) is 29.8 Å². The second-order valence-electron chi connectivity index (χ2n) is 9.24. The summed E-state index contributed by atoms with van der Waals surface area (Å²) in [5.74, 6) is 0.851. The predicted octanol–water partition coefficient (Wildman–Crippen LogP) is 4.17. The second kappa shape index (κ2) is 6.40. The number of carbonyl (C=O) groups is 3. The lowest BCUT2D eigenvalue weighted by Crippen LogP contribution is -2.55. The van der Waals surface area contributed by atoms with Gasteiger partial charge in [-0.15, -0.1) is 0 Å². The van der Waals surface area contributed by atoms with Crippen LogP contribution >= 0.6 is 15.9 Å². The van der Waals surface area contributed by atoms with Crippen LogP contribution in [-0.4, -0.2) is 29.5 Å². The largest absolute Gasteiger partial charge is 0.466 e. The molecule has 0 bridgehead atoms. The Morgan fingerprint density at radius 2 is 1.96 bits per heavy atom. The van der Waals surface area contributed by atoms with Gasteiger partial charge in [0.15, 0.2) is 5.78 Å². The van der Waals surface area contributed by atoms with Crippen LogP contribution in [0.4, 0.5) is 0 Å². The van der Waals surface area contributed by atoms with Gasteiger partial charge in [0.05, 0.1) is 11.9 Å². The fourth-order valence-corrected chi connectivity index (χ4v) is 7.50. The number of esters is 1. The summed E-state index contributed by atoms with van der Waals surface area (Å²) in [4.78, 5) is 37.3. The smallest absolute Gasteiger partial charge is 0.330 e. The molecule has 4 aliphatic carbocycles. The molecule has 27 heavy (non-hydrogen) atoms. The number of hydrogen-bond donors (Lipinski definition) is 0. The zero-order chi connectivity index (χ0) is 19.6. The van der Waals surface area contributed by atoms with E-state index < -0.39 is 0 Å². The van der Waals surface area contributed by atoms with Gasteiger partial charge in [0.1, 0.15) is 5.78 Å². The first-order valence-electron chi connectivity index (χ1n) is 9.91. The van der Waals surface area contributed by atoms with E-state index in [-0.39, 0.29) is 33.3 Å². The summed E-state index contributed by atoms with van der Waals surface area (Å²) in [6, 6.07) is 0. The van der Waals surface area contributed by atoms with Crippen molar-refractivity contribution in [2.45, 2.75) is 57.2 Å². The molecule has 0 saturated heterocycles. The zero-order valence-corrected chi connectivity index (χ0v) is 17.8. The first-order chi connectivity index (χ1) is 12.7. The SMILES string of the molecule is COC(=O)/C=C1/CC[C@H]2[C@@H]3CCC4=CC(=O)[C@H](Br)C[C@]4(C)[C@H]3C(=O)C[C@]12C. The molecule has 0 unspecified atom stereocenters. The molecule has 4 nitrogen and oxygen atoms in total. The number of fused-ring (bicyclic) bond motifs is 5. The van der Waals surface area contributed by atoms with Crippen molar-refractivity contribution in [1.82, 2.24) is 0 Å². The highest BCUT2D eigenvalue weighted by Gasteiger charge is 2.61. The molecule has 3 fully saturated rings. The van der Waals surface area contributed by atoms with Crippen molar-refractivity contribution in [3.05, 3.63) is 23.3 Å². The fraction of sp³-hybridized carbons (Fsp3) is 0.682. The van der Waals surface area contributed by atoms with Crippen LogP contribution in [0.15, 0.2) is 23.3 Å². The normalized spacial score (nSPS) is 45.0. The van der Waals surface area contributed by atoms with E-state index in [4.69, 9.17) is 4.74 Å². The third kappa shape index (κ3) is 2.72. The Kier molecular flexibility index (Phi) is 4.53. The van der Waals surface area contributed by atoms with E-state index in [1.807, 2.05) is 0 Å². The zero-order valence-electron chi connectivity index (χ0n) is 16.2. The maximum Gasteiger partial charge on any atom is 0.330 e. The molecule has 3 saturated carbocycles. The first-order valence-corrected chi connectivity index (χ1v) is 10.8. The van der Waals surface area contributed by atoms with Gasteiger partial charge in [-0.1, -0.05) is 40.9 Å². The molecule has 0 radical (unpaired) electrons. The van der Waals surface area contributed by atoms with Gasteiger partial charge >= 0.3 is 5.97 Å². The van der Waals surface area contributed by atoms with Crippen LogP contribution in [-0.2, 0) is 19.1 Å². The molecule has 0 aromatic carbocycles. The first kappa shape index (κ1) is 19.1. The number of ether oxygens (including phenoxy) is 1. The van der Waals surface area contributed by atoms with Crippen molar-refractivity contribution < 1.29 is 19.1 Å². The van der Waals surface area contributed by atoms with Crippen LogP contribution in [0.25, 0.3) is 0 Å². The Bertz CT molecular complexity index is 781. The van der Waals surface area contributed by atoms with Gasteiger partial charge in [0, 0.05) is 23.8 Å². The molecular weight excluding hydrogens is 408 g/mol. The molecule has 0 aromatic rings. The summed E-state index contributed by atoms with van der Waals surface area (Å²) in [5, 5.41) is 0. The van der Waals surface area contributed by atoms with E-state index in [0.717, 1.165) is 31.3 Å². The Morgan fingerprint density at radius 1 is 1.22 bits per heavy atom. The highest BCUT2D eigenvalue weighted by Crippen LogP contribution is 2.65. The Labute approximate surface area is 168 Å². The van der Waals surface area contributed by atoms with Gasteiger partial charge in [0.25, 0.3) is 0 Å². The predicted molar refractivity (Wildman–Crippen MR) is 105 cm³/mol. The van der Waals surface area contributed by atoms with Crippen molar-refractivity contribution in [3.8, 4) is 0 Å². The number of Topliss-reactive ketones (excluding diaryl/α,β-unsaturated/α-hetero) is 1. The highest BCUT2D eigenvalue weighted by atomic mass is 79.9. The summed E-state index contributed by atoms with van der Waals surface area (Å²) in [6.07, 6.45) is 8.38. The molecular formula is C22H27BrO4. The lowest BCUT2D eigenvalue weighted by atomic mass is 9.47. The molecule has 0 aliphatic heterocycles. The minimum absolute atomic E-state index is 0.0128. The monoisotopic (exact) mass is 434 g/mol.